The number of nitro groups is 1. The van der Waals surface area contributed by atoms with E-state index in [4.69, 9.17) is 5.73 Å². The number of nitrogens with zero attached hydrogens (tertiary/aromatic N) is 3. The number of benzene rings is 2. The highest BCUT2D eigenvalue weighted by Crippen LogP contribution is 2.35. The van der Waals surface area contributed by atoms with E-state index in [1.807, 2.05) is 6.07 Å². The number of nitrogen functional groups attached to an aromatic ring is 1. The second-order valence-corrected chi connectivity index (χ2v) is 6.79. The van der Waals surface area contributed by atoms with Crippen molar-refractivity contribution in [2.45, 2.75) is 18.9 Å². The van der Waals surface area contributed by atoms with Crippen molar-refractivity contribution in [2.24, 2.45) is 0 Å². The van der Waals surface area contributed by atoms with Crippen LogP contribution in [0.4, 0.5) is 33.2 Å². The van der Waals surface area contributed by atoms with E-state index in [1.54, 1.807) is 18.2 Å². The Morgan fingerprint density at radius 3 is 2.83 bits per heavy atom. The molecule has 0 saturated heterocycles. The topological polar surface area (TPSA) is 136 Å². The van der Waals surface area contributed by atoms with Gasteiger partial charge < -0.3 is 16.4 Å². The fourth-order valence-electron chi connectivity index (χ4n) is 3.37. The first-order valence-corrected chi connectivity index (χ1v) is 9.14. The van der Waals surface area contributed by atoms with Gasteiger partial charge in [0.15, 0.2) is 5.78 Å². The average molecular weight is 408 g/mol. The number of rotatable bonds is 5. The molecule has 0 fully saturated rings. The standard InChI is InChI=1S/C20H17FN6O3/c21-11-5-6-14(22)16(9-11)25-20-23-10-17(27(29)30)19(26-20)24-15-7-8-18(28)13-4-2-1-3-12(13)15/h1-6,9-10,15H,7-8,22H2,(H2,23,24,25,26). The number of anilines is 4. The zero-order valence-electron chi connectivity index (χ0n) is 15.6. The van der Waals surface area contributed by atoms with Gasteiger partial charge in [-0.05, 0) is 30.2 Å². The number of hydrogen-bond donors (Lipinski definition) is 3. The van der Waals surface area contributed by atoms with Gasteiger partial charge >= 0.3 is 5.69 Å². The highest BCUT2D eigenvalue weighted by molar-refractivity contribution is 5.98. The maximum atomic E-state index is 13.5. The third kappa shape index (κ3) is 3.75. The molecule has 1 aliphatic rings. The highest BCUT2D eigenvalue weighted by Gasteiger charge is 2.28. The molecule has 9 nitrogen and oxygen atoms in total. The quantitative estimate of drug-likeness (QED) is 0.328. The van der Waals surface area contributed by atoms with Crippen molar-refractivity contribution in [3.63, 3.8) is 0 Å². The molecule has 0 amide bonds. The van der Waals surface area contributed by atoms with Gasteiger partial charge in [0, 0.05) is 12.0 Å². The normalized spacial score (nSPS) is 15.4. The molecule has 1 atom stereocenters. The minimum absolute atomic E-state index is 0.0124. The zero-order valence-corrected chi connectivity index (χ0v) is 15.6. The molecular formula is C20H17FN6O3. The monoisotopic (exact) mass is 408 g/mol. The summed E-state index contributed by atoms with van der Waals surface area (Å²) in [5.74, 6) is -0.470. The largest absolute Gasteiger partial charge is 0.397 e. The van der Waals surface area contributed by atoms with Crippen molar-refractivity contribution < 1.29 is 14.1 Å². The molecule has 0 bridgehead atoms. The smallest absolute Gasteiger partial charge is 0.329 e. The lowest BCUT2D eigenvalue weighted by Crippen LogP contribution is -2.22. The van der Waals surface area contributed by atoms with Crippen LogP contribution in [0.25, 0.3) is 0 Å². The van der Waals surface area contributed by atoms with Crippen molar-refractivity contribution in [1.29, 1.82) is 0 Å². The summed E-state index contributed by atoms with van der Waals surface area (Å²) in [7, 11) is 0. The van der Waals surface area contributed by atoms with Crippen molar-refractivity contribution in [3.05, 3.63) is 75.7 Å². The molecule has 1 aliphatic carbocycles. The number of Topliss-reactive ketones (excluding diaryl/α,β-unsaturated/α-hetero) is 1. The lowest BCUT2D eigenvalue weighted by atomic mass is 9.87. The van der Waals surface area contributed by atoms with Gasteiger partial charge in [-0.1, -0.05) is 24.3 Å². The number of ketones is 1. The van der Waals surface area contributed by atoms with E-state index in [0.29, 0.717) is 18.4 Å². The fraction of sp³-hybridized carbons (Fsp3) is 0.150. The van der Waals surface area contributed by atoms with E-state index >= 15 is 0 Å². The predicted molar refractivity (Wildman–Crippen MR) is 109 cm³/mol. The van der Waals surface area contributed by atoms with Gasteiger partial charge in [0.2, 0.25) is 11.8 Å². The van der Waals surface area contributed by atoms with Crippen LogP contribution >= 0.6 is 0 Å². The van der Waals surface area contributed by atoms with E-state index < -0.39 is 10.7 Å². The van der Waals surface area contributed by atoms with E-state index in [0.717, 1.165) is 11.8 Å². The zero-order chi connectivity index (χ0) is 21.3. The molecule has 0 aliphatic heterocycles. The number of hydrogen-bond acceptors (Lipinski definition) is 8. The van der Waals surface area contributed by atoms with Crippen LogP contribution < -0.4 is 16.4 Å². The van der Waals surface area contributed by atoms with Gasteiger partial charge in [-0.25, -0.2) is 9.37 Å². The SMILES string of the molecule is Nc1ccc(F)cc1Nc1ncc([N+](=O)[O-])c(NC2CCC(=O)c3ccccc32)n1. The Morgan fingerprint density at radius 2 is 2.03 bits per heavy atom. The van der Waals surface area contributed by atoms with Gasteiger partial charge in [0.05, 0.1) is 22.3 Å². The lowest BCUT2D eigenvalue weighted by molar-refractivity contribution is -0.384. The summed E-state index contributed by atoms with van der Waals surface area (Å²) in [5, 5.41) is 17.3. The molecule has 30 heavy (non-hydrogen) atoms. The van der Waals surface area contributed by atoms with Gasteiger partial charge in [0.1, 0.15) is 12.0 Å². The molecule has 0 radical (unpaired) electrons. The van der Waals surface area contributed by atoms with Crippen LogP contribution in [0.5, 0.6) is 0 Å². The van der Waals surface area contributed by atoms with E-state index in [9.17, 15) is 19.3 Å². The van der Waals surface area contributed by atoms with E-state index in [1.165, 1.54) is 18.2 Å². The summed E-state index contributed by atoms with van der Waals surface area (Å²) in [4.78, 5) is 31.2. The number of aromatic nitrogens is 2. The molecule has 3 aromatic rings. The van der Waals surface area contributed by atoms with Crippen molar-refractivity contribution >= 4 is 34.6 Å². The number of halogens is 1. The first-order chi connectivity index (χ1) is 14.4. The lowest BCUT2D eigenvalue weighted by Gasteiger charge is -2.25. The molecule has 1 aromatic heterocycles. The summed E-state index contributed by atoms with van der Waals surface area (Å²) < 4.78 is 13.5. The van der Waals surface area contributed by atoms with Crippen LogP contribution in [0.15, 0.2) is 48.7 Å². The van der Waals surface area contributed by atoms with E-state index in [2.05, 4.69) is 20.6 Å². The number of nitrogens with two attached hydrogens (primary N) is 1. The van der Waals surface area contributed by atoms with Crippen LogP contribution in [-0.2, 0) is 0 Å². The number of nitrogens with one attached hydrogen (secondary N) is 2. The minimum Gasteiger partial charge on any atom is -0.397 e. The van der Waals surface area contributed by atoms with Crippen molar-refractivity contribution in [2.75, 3.05) is 16.4 Å². The number of carbonyl (C=O) groups is 1. The Hall–Kier alpha value is -4.08. The molecule has 2 aromatic carbocycles. The van der Waals surface area contributed by atoms with Gasteiger partial charge in [-0.3, -0.25) is 14.9 Å². The first kappa shape index (κ1) is 19.2. The summed E-state index contributed by atoms with van der Waals surface area (Å²) in [5.41, 5.74) is 7.36. The summed E-state index contributed by atoms with van der Waals surface area (Å²) in [6.45, 7) is 0. The molecule has 0 spiro atoms. The third-order valence-corrected chi connectivity index (χ3v) is 4.84. The van der Waals surface area contributed by atoms with Gasteiger partial charge in [0.25, 0.3) is 0 Å². The van der Waals surface area contributed by atoms with Gasteiger partial charge in [-0.2, -0.15) is 4.98 Å². The van der Waals surface area contributed by atoms with Gasteiger partial charge in [-0.15, -0.1) is 0 Å². The van der Waals surface area contributed by atoms with Crippen LogP contribution in [0.3, 0.4) is 0 Å². The molecule has 152 valence electrons. The second kappa shape index (κ2) is 7.74. The first-order valence-electron chi connectivity index (χ1n) is 9.14. The Bertz CT molecular complexity index is 1150. The Balaban J connectivity index is 1.68. The molecule has 4 rings (SSSR count). The Labute approximate surface area is 170 Å². The number of fused-ring (bicyclic) bond motifs is 1. The molecule has 1 unspecified atom stereocenters. The predicted octanol–water partition coefficient (Wildman–Crippen LogP) is 3.98. The Morgan fingerprint density at radius 1 is 1.23 bits per heavy atom. The molecule has 1 heterocycles. The minimum atomic E-state index is -0.595. The van der Waals surface area contributed by atoms with Crippen LogP contribution in [0.1, 0.15) is 34.8 Å². The average Bonchev–Trinajstić information content (AvgIpc) is 2.73. The molecule has 0 saturated carbocycles. The van der Waals surface area contributed by atoms with Crippen LogP contribution in [0.2, 0.25) is 0 Å². The third-order valence-electron chi connectivity index (χ3n) is 4.84. The molecule has 10 heteroatoms. The fourth-order valence-corrected chi connectivity index (χ4v) is 3.37. The number of carbonyl (C=O) groups excluding carboxylic acids is 1. The highest BCUT2D eigenvalue weighted by atomic mass is 19.1. The summed E-state index contributed by atoms with van der Waals surface area (Å²) in [6, 6.07) is 10.6. The maximum absolute atomic E-state index is 13.5. The van der Waals surface area contributed by atoms with Crippen LogP contribution in [0, 0.1) is 15.9 Å². The molecule has 4 N–H and O–H groups in total. The van der Waals surface area contributed by atoms with Crippen LogP contribution in [-0.4, -0.2) is 20.7 Å². The van der Waals surface area contributed by atoms with Crippen molar-refractivity contribution in [3.8, 4) is 0 Å². The molecular weight excluding hydrogens is 391 g/mol. The van der Waals surface area contributed by atoms with E-state index in [-0.39, 0.29) is 40.7 Å². The van der Waals surface area contributed by atoms with Crippen molar-refractivity contribution in [1.82, 2.24) is 9.97 Å². The summed E-state index contributed by atoms with van der Waals surface area (Å²) in [6.07, 6.45) is 1.85. The second-order valence-electron chi connectivity index (χ2n) is 6.79. The summed E-state index contributed by atoms with van der Waals surface area (Å²) >= 11 is 0. The Kier molecular flexibility index (Phi) is 4.97. The maximum Gasteiger partial charge on any atom is 0.329 e.